The lowest BCUT2D eigenvalue weighted by Crippen LogP contribution is -2.65. The number of carboxylic acids is 1. The number of alkyl halides is 3. The van der Waals surface area contributed by atoms with Crippen LogP contribution in [0.15, 0.2) is 103 Å². The molecular formula is C81H95Cl2F3N10O29. The van der Waals surface area contributed by atoms with Gasteiger partial charge in [0.1, 0.15) is 126 Å². The molecule has 0 radical (unpaired) electrons. The monoisotopic (exact) mass is 1800 g/mol. The normalized spacial score (nSPS) is 29.8. The van der Waals surface area contributed by atoms with Crippen molar-refractivity contribution in [2.45, 2.75) is 207 Å². The summed E-state index contributed by atoms with van der Waals surface area (Å²) in [7, 11) is 1.44. The van der Waals surface area contributed by atoms with Crippen molar-refractivity contribution in [2.24, 2.45) is 17.4 Å². The van der Waals surface area contributed by atoms with Gasteiger partial charge in [0, 0.05) is 47.8 Å². The molecule has 24 N–H and O–H groups in total. The van der Waals surface area contributed by atoms with Gasteiger partial charge in [-0.25, -0.2) is 4.79 Å². The molecule has 0 saturated carbocycles. The van der Waals surface area contributed by atoms with Crippen LogP contribution in [0.4, 0.5) is 13.2 Å². The average Bonchev–Trinajstić information content (AvgIpc) is 0.376. The quantitative estimate of drug-likeness (QED) is 0.0511. The largest absolute Gasteiger partial charge is 0.573 e. The highest BCUT2D eigenvalue weighted by Gasteiger charge is 2.53. The molecule has 0 aliphatic carbocycles. The number of aliphatic hydroxyl groups excluding tert-OH is 8. The SMILES string of the molecule is C.CN[C@H](CC(C)C)C(=O)NC1C(=O)N[C@@H](CC(N)=O)C(=O)N[C@H]2C(=O)N[C@H]3C(=O)N[C@H](C(=O)N[C@@H](C(=O)O)c4cc(O)cc(O)c4-c4cc3ccc4O)[C@H](OC3C[C@](C)(N)[C@@H](O)[C@H](C)O3)c3ccc(c(Cl)c3)Oc3cc2cc(c3O[C@@H]2O[C@H](CO)[C@@H](O[C@@H]3O[C@H](CNCc4cccc(OC(F)(F)F)c4)[C@H](O)[C@H](O)[C@H]3O)[C@H](O)[C@H]2O)Oc2ccc(cc2Cl)[C@H]1O. The maximum Gasteiger partial charge on any atom is 0.573 e. The van der Waals surface area contributed by atoms with Gasteiger partial charge in [-0.3, -0.25) is 33.6 Å². The third-order valence-corrected chi connectivity index (χ3v) is 22.1. The van der Waals surface area contributed by atoms with Gasteiger partial charge in [0.2, 0.25) is 53.4 Å². The first-order valence-corrected chi connectivity index (χ1v) is 39.4. The summed E-state index contributed by atoms with van der Waals surface area (Å²) >= 11 is 14.4. The lowest BCUT2D eigenvalue weighted by molar-refractivity contribution is -0.350. The second-order valence-electron chi connectivity index (χ2n) is 31.2. The Hall–Kier alpha value is -10.6. The van der Waals surface area contributed by atoms with Crippen LogP contribution >= 0.6 is 23.2 Å². The summed E-state index contributed by atoms with van der Waals surface area (Å²) < 4.78 is 94.0. The van der Waals surface area contributed by atoms with Crippen molar-refractivity contribution in [2.75, 3.05) is 20.2 Å². The lowest BCUT2D eigenvalue weighted by Gasteiger charge is -2.46. The number of aliphatic hydroxyl groups is 8. The molecule has 14 rings (SSSR count). The maximum atomic E-state index is 16.4. The molecule has 678 valence electrons. The number of aliphatic carboxylic acids is 1. The molecule has 0 aromatic heterocycles. The zero-order chi connectivity index (χ0) is 90.2. The number of rotatable bonds is 20. The van der Waals surface area contributed by atoms with Crippen LogP contribution in [0, 0.1) is 5.92 Å². The molecule has 125 heavy (non-hydrogen) atoms. The van der Waals surface area contributed by atoms with E-state index < -0.39 is 303 Å². The van der Waals surface area contributed by atoms with Crippen molar-refractivity contribution < 1.29 is 155 Å². The summed E-state index contributed by atoms with van der Waals surface area (Å²) in [6.07, 6.45) is -35.4. The molecular weight excluding hydrogens is 1700 g/mol. The van der Waals surface area contributed by atoms with Crippen LogP contribution < -0.4 is 72.9 Å². The third-order valence-electron chi connectivity index (χ3n) is 21.5. The zero-order valence-electron chi connectivity index (χ0n) is 66.2. The molecule has 11 bridgehead atoms. The Balaban J connectivity index is 0.0000152. The highest BCUT2D eigenvalue weighted by atomic mass is 35.5. The van der Waals surface area contributed by atoms with Gasteiger partial charge in [0.25, 0.3) is 0 Å². The predicted molar refractivity (Wildman–Crippen MR) is 426 cm³/mol. The molecule has 8 aliphatic heterocycles. The van der Waals surface area contributed by atoms with Crippen molar-refractivity contribution in [3.05, 3.63) is 147 Å². The summed E-state index contributed by atoms with van der Waals surface area (Å²) in [4.78, 5) is 120. The van der Waals surface area contributed by atoms with E-state index in [0.717, 1.165) is 84.9 Å². The first-order chi connectivity index (χ1) is 58.5. The first-order valence-electron chi connectivity index (χ1n) is 38.7. The molecule has 8 heterocycles. The van der Waals surface area contributed by atoms with E-state index in [1.165, 1.54) is 39.1 Å². The minimum absolute atomic E-state index is 0. The van der Waals surface area contributed by atoms with Crippen molar-refractivity contribution >= 4 is 70.5 Å². The molecule has 23 atom stereocenters. The number of nitrogens with two attached hydrogens (primary N) is 2. The number of likely N-dealkylation sites (N-methyl/N-ethyl adjacent to an activating group) is 1. The number of phenols is 3. The van der Waals surface area contributed by atoms with E-state index >= 15 is 24.0 Å². The molecule has 3 saturated heterocycles. The number of ether oxygens (including phenoxy) is 9. The van der Waals surface area contributed by atoms with Crippen LogP contribution in [0.3, 0.4) is 0 Å². The number of hydrogen-bond acceptors (Lipinski definition) is 31. The molecule has 8 aliphatic rings. The Morgan fingerprint density at radius 2 is 1.30 bits per heavy atom. The number of phenolic OH excluding ortho intramolecular Hbond substituents is 3. The number of fused-ring (bicyclic) bond motifs is 15. The fourth-order valence-electron chi connectivity index (χ4n) is 15.2. The Morgan fingerprint density at radius 3 is 1.93 bits per heavy atom. The van der Waals surface area contributed by atoms with Crippen molar-refractivity contribution in [1.29, 1.82) is 0 Å². The Morgan fingerprint density at radius 1 is 0.680 bits per heavy atom. The van der Waals surface area contributed by atoms with Gasteiger partial charge >= 0.3 is 12.3 Å². The predicted octanol–water partition coefficient (Wildman–Crippen LogP) is 1.26. The molecule has 2 unspecified atom stereocenters. The summed E-state index contributed by atoms with van der Waals surface area (Å²) in [5, 5.41) is 158. The number of primary amides is 1. The number of hydrogen-bond donors (Lipinski definition) is 22. The number of benzene rings is 6. The van der Waals surface area contributed by atoms with Crippen molar-refractivity contribution in [3.8, 4) is 62.9 Å². The van der Waals surface area contributed by atoms with Gasteiger partial charge in [-0.1, -0.05) is 74.8 Å². The highest BCUT2D eigenvalue weighted by Crippen LogP contribution is 2.50. The number of nitrogens with one attached hydrogen (secondary N) is 8. The van der Waals surface area contributed by atoms with Crippen LogP contribution in [0.25, 0.3) is 11.1 Å². The van der Waals surface area contributed by atoms with E-state index in [9.17, 15) is 88.8 Å². The van der Waals surface area contributed by atoms with Gasteiger partial charge in [0.05, 0.1) is 41.3 Å². The first kappa shape index (κ1) is 95.1. The summed E-state index contributed by atoms with van der Waals surface area (Å²) in [6, 6.07) is 3.28. The van der Waals surface area contributed by atoms with Gasteiger partial charge in [-0.05, 0) is 128 Å². The molecule has 6 aromatic rings. The number of carbonyl (C=O) groups excluding carboxylic acids is 7. The summed E-state index contributed by atoms with van der Waals surface area (Å²) in [5.74, 6) is -17.7. The Bertz CT molecular complexity index is 5020. The third kappa shape index (κ3) is 21.4. The zero-order valence-corrected chi connectivity index (χ0v) is 67.7. The van der Waals surface area contributed by atoms with Crippen molar-refractivity contribution in [3.63, 3.8) is 0 Å². The van der Waals surface area contributed by atoms with Gasteiger partial charge in [-0.2, -0.15) is 0 Å². The van der Waals surface area contributed by atoms with Crippen LogP contribution in [0.5, 0.6) is 51.7 Å². The molecule has 0 spiro atoms. The molecule has 6 aromatic carbocycles. The fourth-order valence-corrected chi connectivity index (χ4v) is 15.7. The van der Waals surface area contributed by atoms with Gasteiger partial charge in [0.15, 0.2) is 30.1 Å². The average molecular weight is 1800 g/mol. The summed E-state index contributed by atoms with van der Waals surface area (Å²) in [5.41, 5.74) is 8.01. The molecule has 44 heteroatoms. The molecule has 7 amide bonds. The van der Waals surface area contributed by atoms with Crippen LogP contribution in [-0.2, 0) is 68.6 Å². The second kappa shape index (κ2) is 39.1. The lowest BCUT2D eigenvalue weighted by atomic mass is 9.86. The number of halogens is 5. The van der Waals surface area contributed by atoms with E-state index in [-0.39, 0.29) is 49.4 Å². The second-order valence-corrected chi connectivity index (χ2v) is 32.0. The van der Waals surface area contributed by atoms with Crippen LogP contribution in [0.2, 0.25) is 10.0 Å². The minimum atomic E-state index is -5.02. The van der Waals surface area contributed by atoms with Gasteiger partial charge < -0.3 is 158 Å². The van der Waals surface area contributed by atoms with E-state index in [2.05, 4.69) is 47.3 Å². The van der Waals surface area contributed by atoms with Crippen LogP contribution in [-0.4, -0.2) is 245 Å². The number of carbonyl (C=O) groups is 8. The fraction of sp³-hybridized carbons (Fsp3) is 0.457. The Labute approximate surface area is 719 Å². The van der Waals surface area contributed by atoms with Crippen molar-refractivity contribution in [1.82, 2.24) is 42.5 Å². The standard InChI is InChI=1S/C80H91Cl2F3N10O29.CH4/c1-29(2)15-42(88-5)70(108)94-58-60(101)33-10-13-46(40(81)18-33)117-48-20-35-21-49(67(48)122-78-65(106)63(104)68(51(28-96)120-78)123-77-64(105)62(103)61(102)50(119-77)27-89-26-31-7-6-8-37(16-31)124-80(83,84)85)118-47-14-11-34(19-41(47)82)66(121-53-25-79(4,87)69(107)30(3)116-53)59-75(113)93-57(76(114)115)39-22-36(97)23-45(99)54(39)38-17-32(9-12-44(38)98)55(72(110)95-59)92-73(111)56(35)91-71(109)43(24-52(86)100)90-74(58)112;/h6-14,16-23,29-30,42-43,50-51,53,55-66,68-69,77-78,88-89,96-99,101-107H,15,24-28,87H2,1-5H3,(H2,86,100)(H,90,112)(H,91,109)(H,92,111)(H,93,113)(H,94,108)(H,95,110)(H,114,115);1H4/t30-,42+,43-,50+,51+,53?,55+,56+,57+,58?,59-,60+,61-,62-,63+,64+,65+,66+,68+,69-,77-,78-,79-;/m0./s1. The summed E-state index contributed by atoms with van der Waals surface area (Å²) in [6.45, 7) is 4.69. The van der Waals surface area contributed by atoms with E-state index in [1.807, 2.05) is 0 Å². The minimum Gasteiger partial charge on any atom is -0.508 e. The number of carboxylic acid groups (broad SMARTS) is 1. The number of amides is 7. The highest BCUT2D eigenvalue weighted by molar-refractivity contribution is 6.32. The van der Waals surface area contributed by atoms with Crippen LogP contribution in [0.1, 0.15) is 118 Å². The molecule has 3 fully saturated rings. The van der Waals surface area contributed by atoms with E-state index in [1.54, 1.807) is 13.8 Å². The molecule has 39 nitrogen and oxygen atoms in total. The van der Waals surface area contributed by atoms with Gasteiger partial charge in [-0.15, -0.1) is 13.2 Å². The maximum absolute atomic E-state index is 16.4. The smallest absolute Gasteiger partial charge is 0.508 e. The van der Waals surface area contributed by atoms with E-state index in [4.69, 9.17) is 72.6 Å². The topological polar surface area (TPSA) is 611 Å². The van der Waals surface area contributed by atoms with E-state index in [0.29, 0.717) is 0 Å². The Kier molecular flexibility index (Phi) is 29.7. The number of aromatic hydroxyl groups is 3.